The second-order valence-electron chi connectivity index (χ2n) is 2.32. The topological polar surface area (TPSA) is 26.0 Å². The molecular formula is C9H11ClIN. The molecule has 0 saturated carbocycles. The summed E-state index contributed by atoms with van der Waals surface area (Å²) in [5.41, 5.74) is 6.86. The molecule has 0 amide bonds. The maximum Gasteiger partial charge on any atom is 0.0478 e. The van der Waals surface area contributed by atoms with Gasteiger partial charge in [0.05, 0.1) is 0 Å². The Morgan fingerprint density at radius 2 is 2.17 bits per heavy atom. The van der Waals surface area contributed by atoms with E-state index in [-0.39, 0.29) is 18.4 Å². The minimum Gasteiger partial charge on any atom is -0.321 e. The highest BCUT2D eigenvalue weighted by Crippen LogP contribution is 2.13. The molecule has 0 aliphatic carbocycles. The van der Waals surface area contributed by atoms with Crippen LogP contribution >= 0.6 is 35.0 Å². The van der Waals surface area contributed by atoms with Crippen LogP contribution in [-0.2, 0) is 0 Å². The number of halogens is 2. The van der Waals surface area contributed by atoms with Gasteiger partial charge in [-0.3, -0.25) is 0 Å². The van der Waals surface area contributed by atoms with E-state index in [0.717, 1.165) is 5.56 Å². The van der Waals surface area contributed by atoms with Crippen LogP contribution in [0, 0.1) is 3.57 Å². The Balaban J connectivity index is 0.00000121. The molecule has 0 fully saturated rings. The lowest BCUT2D eigenvalue weighted by Crippen LogP contribution is -2.06. The van der Waals surface area contributed by atoms with Gasteiger partial charge in [0.25, 0.3) is 0 Å². The van der Waals surface area contributed by atoms with Gasteiger partial charge in [-0.2, -0.15) is 0 Å². The third kappa shape index (κ3) is 3.13. The molecule has 12 heavy (non-hydrogen) atoms. The smallest absolute Gasteiger partial charge is 0.0478 e. The first-order valence-corrected chi connectivity index (χ1v) is 4.45. The molecule has 1 atom stereocenters. The third-order valence-corrected chi connectivity index (χ3v) is 2.16. The number of nitrogens with two attached hydrogens (primary N) is 1. The SMILES string of the molecule is C=C[C@@H](N)c1cccc(I)c1.Cl. The van der Waals surface area contributed by atoms with Gasteiger partial charge in [0.15, 0.2) is 0 Å². The molecule has 0 heterocycles. The predicted molar refractivity (Wildman–Crippen MR) is 63.5 cm³/mol. The van der Waals surface area contributed by atoms with Gasteiger partial charge in [0.1, 0.15) is 0 Å². The Kier molecular flexibility index (Phi) is 5.53. The summed E-state index contributed by atoms with van der Waals surface area (Å²) in [6.45, 7) is 3.64. The maximum atomic E-state index is 5.74. The molecule has 3 heteroatoms. The molecule has 1 rings (SSSR count). The summed E-state index contributed by atoms with van der Waals surface area (Å²) in [4.78, 5) is 0. The van der Waals surface area contributed by atoms with Crippen LogP contribution in [0.3, 0.4) is 0 Å². The van der Waals surface area contributed by atoms with Crippen LogP contribution in [0.1, 0.15) is 11.6 Å². The zero-order valence-electron chi connectivity index (χ0n) is 6.53. The minimum atomic E-state index is -0.0373. The summed E-state index contributed by atoms with van der Waals surface area (Å²) in [7, 11) is 0. The lowest BCUT2D eigenvalue weighted by molar-refractivity contribution is 0.913. The van der Waals surface area contributed by atoms with E-state index in [9.17, 15) is 0 Å². The molecule has 0 spiro atoms. The van der Waals surface area contributed by atoms with Crippen molar-refractivity contribution in [1.29, 1.82) is 0 Å². The van der Waals surface area contributed by atoms with Crippen molar-refractivity contribution in [1.82, 2.24) is 0 Å². The summed E-state index contributed by atoms with van der Waals surface area (Å²) >= 11 is 2.27. The molecular weight excluding hydrogens is 284 g/mol. The summed E-state index contributed by atoms with van der Waals surface area (Å²) in [6, 6.07) is 8.08. The summed E-state index contributed by atoms with van der Waals surface area (Å²) in [5.74, 6) is 0. The van der Waals surface area contributed by atoms with Crippen LogP contribution in [0.2, 0.25) is 0 Å². The Bertz CT molecular complexity index is 262. The Hall–Kier alpha value is -0.0600. The Morgan fingerprint density at radius 1 is 1.50 bits per heavy atom. The molecule has 0 aromatic heterocycles. The van der Waals surface area contributed by atoms with Gasteiger partial charge in [-0.05, 0) is 40.3 Å². The molecule has 0 aliphatic heterocycles. The average molecular weight is 296 g/mol. The summed E-state index contributed by atoms with van der Waals surface area (Å²) < 4.78 is 1.21. The van der Waals surface area contributed by atoms with E-state index in [2.05, 4.69) is 35.2 Å². The van der Waals surface area contributed by atoms with Crippen molar-refractivity contribution in [2.24, 2.45) is 5.73 Å². The average Bonchev–Trinajstić information content (AvgIpc) is 2.03. The fourth-order valence-corrected chi connectivity index (χ4v) is 1.42. The van der Waals surface area contributed by atoms with Gasteiger partial charge in [-0.1, -0.05) is 18.2 Å². The van der Waals surface area contributed by atoms with Crippen molar-refractivity contribution < 1.29 is 0 Å². The first kappa shape index (κ1) is 11.9. The van der Waals surface area contributed by atoms with E-state index in [4.69, 9.17) is 5.73 Å². The lowest BCUT2D eigenvalue weighted by atomic mass is 10.1. The maximum absolute atomic E-state index is 5.74. The van der Waals surface area contributed by atoms with Crippen molar-refractivity contribution in [2.75, 3.05) is 0 Å². The van der Waals surface area contributed by atoms with E-state index in [1.54, 1.807) is 6.08 Å². The monoisotopic (exact) mass is 295 g/mol. The molecule has 0 radical (unpaired) electrons. The van der Waals surface area contributed by atoms with Crippen molar-refractivity contribution in [3.63, 3.8) is 0 Å². The highest BCUT2D eigenvalue weighted by Gasteiger charge is 1.99. The first-order chi connectivity index (χ1) is 5.24. The fourth-order valence-electron chi connectivity index (χ4n) is 0.850. The van der Waals surface area contributed by atoms with Crippen LogP contribution in [0.4, 0.5) is 0 Å². The molecule has 0 aliphatic rings. The Morgan fingerprint density at radius 3 is 2.67 bits per heavy atom. The normalized spacial score (nSPS) is 11.5. The zero-order chi connectivity index (χ0) is 8.27. The van der Waals surface area contributed by atoms with Gasteiger partial charge < -0.3 is 5.73 Å². The van der Waals surface area contributed by atoms with Gasteiger partial charge in [0, 0.05) is 9.61 Å². The molecule has 0 bridgehead atoms. The van der Waals surface area contributed by atoms with Gasteiger partial charge >= 0.3 is 0 Å². The molecule has 1 aromatic carbocycles. The molecule has 0 unspecified atom stereocenters. The predicted octanol–water partition coefficient (Wildman–Crippen LogP) is 2.90. The number of hydrogen-bond acceptors (Lipinski definition) is 1. The second kappa shape index (κ2) is 5.56. The molecule has 66 valence electrons. The van der Waals surface area contributed by atoms with Crippen LogP contribution in [0.25, 0.3) is 0 Å². The van der Waals surface area contributed by atoms with E-state index in [0.29, 0.717) is 0 Å². The van der Waals surface area contributed by atoms with E-state index >= 15 is 0 Å². The van der Waals surface area contributed by atoms with Crippen LogP contribution < -0.4 is 5.73 Å². The highest BCUT2D eigenvalue weighted by atomic mass is 127. The number of rotatable bonds is 2. The third-order valence-electron chi connectivity index (χ3n) is 1.49. The van der Waals surface area contributed by atoms with Gasteiger partial charge in [0.2, 0.25) is 0 Å². The van der Waals surface area contributed by atoms with Crippen LogP contribution in [-0.4, -0.2) is 0 Å². The number of hydrogen-bond donors (Lipinski definition) is 1. The summed E-state index contributed by atoms with van der Waals surface area (Å²) in [6.07, 6.45) is 1.74. The Labute approximate surface area is 92.6 Å². The van der Waals surface area contributed by atoms with E-state index < -0.39 is 0 Å². The quantitative estimate of drug-likeness (QED) is 0.659. The molecule has 1 aromatic rings. The molecule has 1 nitrogen and oxygen atoms in total. The molecule has 2 N–H and O–H groups in total. The van der Waals surface area contributed by atoms with E-state index in [1.807, 2.05) is 18.2 Å². The van der Waals surface area contributed by atoms with Crippen molar-refractivity contribution in [3.8, 4) is 0 Å². The largest absolute Gasteiger partial charge is 0.321 e. The van der Waals surface area contributed by atoms with Gasteiger partial charge in [-0.25, -0.2) is 0 Å². The summed E-state index contributed by atoms with van der Waals surface area (Å²) in [5, 5.41) is 0. The standard InChI is InChI=1S/C9H10IN.ClH/c1-2-9(11)7-4-3-5-8(10)6-7;/h2-6,9H,1,11H2;1H/t9-;/m1./s1. The highest BCUT2D eigenvalue weighted by molar-refractivity contribution is 14.1. The second-order valence-corrected chi connectivity index (χ2v) is 3.56. The van der Waals surface area contributed by atoms with Crippen LogP contribution in [0.5, 0.6) is 0 Å². The zero-order valence-corrected chi connectivity index (χ0v) is 9.51. The van der Waals surface area contributed by atoms with Crippen molar-refractivity contribution >= 4 is 35.0 Å². The fraction of sp³-hybridized carbons (Fsp3) is 0.111. The van der Waals surface area contributed by atoms with Crippen LogP contribution in [0.15, 0.2) is 36.9 Å². The first-order valence-electron chi connectivity index (χ1n) is 3.37. The van der Waals surface area contributed by atoms with Crippen molar-refractivity contribution in [3.05, 3.63) is 46.1 Å². The van der Waals surface area contributed by atoms with E-state index in [1.165, 1.54) is 3.57 Å². The lowest BCUT2D eigenvalue weighted by Gasteiger charge is -2.05. The van der Waals surface area contributed by atoms with Gasteiger partial charge in [-0.15, -0.1) is 19.0 Å². The molecule has 0 saturated heterocycles. The number of benzene rings is 1. The minimum absolute atomic E-state index is 0. The van der Waals surface area contributed by atoms with Crippen molar-refractivity contribution in [2.45, 2.75) is 6.04 Å².